The lowest BCUT2D eigenvalue weighted by Crippen LogP contribution is -2.25. The van der Waals surface area contributed by atoms with Crippen LogP contribution in [0.3, 0.4) is 0 Å². The predicted molar refractivity (Wildman–Crippen MR) is 69.5 cm³/mol. The SMILES string of the molecule is CCC/C(Cl)=N/OC(=O)N(C)c1ccccc1. The van der Waals surface area contributed by atoms with E-state index < -0.39 is 6.09 Å². The van der Waals surface area contributed by atoms with Gasteiger partial charge in [-0.25, -0.2) is 4.79 Å². The Morgan fingerprint density at radius 1 is 1.41 bits per heavy atom. The Balaban J connectivity index is 2.57. The number of hydrogen-bond acceptors (Lipinski definition) is 3. The first-order chi connectivity index (χ1) is 8.15. The minimum absolute atomic E-state index is 0.294. The number of oxime groups is 1. The van der Waals surface area contributed by atoms with Crippen molar-refractivity contribution in [3.8, 4) is 0 Å². The fraction of sp³-hybridized carbons (Fsp3) is 0.333. The molecule has 0 aliphatic rings. The molecule has 1 aromatic carbocycles. The molecule has 0 saturated carbocycles. The molecule has 0 atom stereocenters. The van der Waals surface area contributed by atoms with Crippen LogP contribution in [-0.2, 0) is 4.84 Å². The minimum Gasteiger partial charge on any atom is -0.296 e. The molecule has 0 N–H and O–H groups in total. The van der Waals surface area contributed by atoms with E-state index in [0.29, 0.717) is 11.6 Å². The first-order valence-corrected chi connectivity index (χ1v) is 5.75. The molecular weight excluding hydrogens is 240 g/mol. The maximum absolute atomic E-state index is 11.6. The number of para-hydroxylation sites is 1. The number of carbonyl (C=O) groups is 1. The molecule has 0 spiro atoms. The number of nitrogens with zero attached hydrogens (tertiary/aromatic N) is 2. The van der Waals surface area contributed by atoms with Crippen LogP contribution >= 0.6 is 11.6 Å². The number of amides is 1. The van der Waals surface area contributed by atoms with Crippen LogP contribution in [0.15, 0.2) is 35.5 Å². The average molecular weight is 255 g/mol. The van der Waals surface area contributed by atoms with Crippen molar-refractivity contribution in [1.29, 1.82) is 0 Å². The molecule has 92 valence electrons. The van der Waals surface area contributed by atoms with Gasteiger partial charge in [0.1, 0.15) is 5.17 Å². The van der Waals surface area contributed by atoms with Crippen LogP contribution in [0.1, 0.15) is 19.8 Å². The predicted octanol–water partition coefficient (Wildman–Crippen LogP) is 3.61. The van der Waals surface area contributed by atoms with Crippen LogP contribution in [0.5, 0.6) is 0 Å². The first-order valence-electron chi connectivity index (χ1n) is 5.37. The lowest BCUT2D eigenvalue weighted by atomic mass is 10.3. The van der Waals surface area contributed by atoms with Crippen LogP contribution in [0.25, 0.3) is 0 Å². The molecule has 0 heterocycles. The molecule has 1 amide bonds. The van der Waals surface area contributed by atoms with E-state index in [4.69, 9.17) is 16.4 Å². The van der Waals surface area contributed by atoms with Crippen LogP contribution in [0.2, 0.25) is 0 Å². The van der Waals surface area contributed by atoms with Gasteiger partial charge in [-0.2, -0.15) is 0 Å². The van der Waals surface area contributed by atoms with Crippen molar-refractivity contribution in [2.45, 2.75) is 19.8 Å². The Hall–Kier alpha value is -1.55. The molecule has 1 rings (SSSR count). The summed E-state index contributed by atoms with van der Waals surface area (Å²) in [7, 11) is 1.61. The second-order valence-electron chi connectivity index (χ2n) is 3.47. The second kappa shape index (κ2) is 6.91. The van der Waals surface area contributed by atoms with Crippen molar-refractivity contribution in [3.63, 3.8) is 0 Å². The summed E-state index contributed by atoms with van der Waals surface area (Å²) in [5.41, 5.74) is 0.735. The second-order valence-corrected chi connectivity index (χ2v) is 3.91. The van der Waals surface area contributed by atoms with E-state index in [-0.39, 0.29) is 0 Å². The number of hydrogen-bond donors (Lipinski definition) is 0. The molecular formula is C12H15ClN2O2. The number of halogens is 1. The normalized spacial score (nSPS) is 11.1. The van der Waals surface area contributed by atoms with E-state index in [9.17, 15) is 4.79 Å². The van der Waals surface area contributed by atoms with Crippen LogP contribution < -0.4 is 4.90 Å². The molecule has 0 saturated heterocycles. The summed E-state index contributed by atoms with van der Waals surface area (Å²) in [6, 6.07) is 9.16. The Bertz CT molecular complexity index is 393. The van der Waals surface area contributed by atoms with Gasteiger partial charge >= 0.3 is 6.09 Å². The van der Waals surface area contributed by atoms with E-state index in [0.717, 1.165) is 12.1 Å². The van der Waals surface area contributed by atoms with Crippen molar-refractivity contribution >= 4 is 28.6 Å². The van der Waals surface area contributed by atoms with Crippen LogP contribution in [0, 0.1) is 0 Å². The van der Waals surface area contributed by atoms with Gasteiger partial charge in [-0.05, 0) is 18.6 Å². The molecule has 17 heavy (non-hydrogen) atoms. The highest BCUT2D eigenvalue weighted by atomic mass is 35.5. The molecule has 0 aromatic heterocycles. The fourth-order valence-electron chi connectivity index (χ4n) is 1.16. The maximum Gasteiger partial charge on any atom is 0.440 e. The smallest absolute Gasteiger partial charge is 0.296 e. The van der Waals surface area contributed by atoms with Crippen LogP contribution in [0.4, 0.5) is 10.5 Å². The summed E-state index contributed by atoms with van der Waals surface area (Å²) in [5.74, 6) is 0. The highest BCUT2D eigenvalue weighted by Crippen LogP contribution is 2.12. The van der Waals surface area contributed by atoms with E-state index in [1.54, 1.807) is 19.2 Å². The Kier molecular flexibility index (Phi) is 5.49. The largest absolute Gasteiger partial charge is 0.440 e. The number of benzene rings is 1. The topological polar surface area (TPSA) is 41.9 Å². The molecule has 4 nitrogen and oxygen atoms in total. The first kappa shape index (κ1) is 13.5. The van der Waals surface area contributed by atoms with Crippen molar-refractivity contribution in [1.82, 2.24) is 0 Å². The summed E-state index contributed by atoms with van der Waals surface area (Å²) in [6.07, 6.45) is 0.892. The molecule has 0 unspecified atom stereocenters. The number of anilines is 1. The summed E-state index contributed by atoms with van der Waals surface area (Å²) < 4.78 is 0. The Morgan fingerprint density at radius 2 is 2.06 bits per heavy atom. The average Bonchev–Trinajstić information content (AvgIpc) is 2.36. The standard InChI is InChI=1S/C12H15ClN2O2/c1-3-7-11(13)14-17-12(16)15(2)10-8-5-4-6-9-10/h4-6,8-9H,3,7H2,1-2H3/b14-11-. The Labute approximate surface area is 106 Å². The minimum atomic E-state index is -0.564. The lowest BCUT2D eigenvalue weighted by molar-refractivity contribution is 0.160. The molecule has 0 fully saturated rings. The monoisotopic (exact) mass is 254 g/mol. The zero-order chi connectivity index (χ0) is 12.7. The van der Waals surface area contributed by atoms with Gasteiger partial charge in [0.15, 0.2) is 0 Å². The quantitative estimate of drug-likeness (QED) is 0.468. The summed E-state index contributed by atoms with van der Waals surface area (Å²) in [5, 5.41) is 3.85. The highest BCUT2D eigenvalue weighted by Gasteiger charge is 2.11. The third-order valence-electron chi connectivity index (χ3n) is 2.10. The zero-order valence-corrected chi connectivity index (χ0v) is 10.6. The van der Waals surface area contributed by atoms with Crippen molar-refractivity contribution < 1.29 is 9.63 Å². The van der Waals surface area contributed by atoms with Gasteiger partial charge in [-0.3, -0.25) is 9.74 Å². The lowest BCUT2D eigenvalue weighted by Gasteiger charge is -2.14. The third kappa shape index (κ3) is 4.44. The van der Waals surface area contributed by atoms with Gasteiger partial charge < -0.3 is 0 Å². The van der Waals surface area contributed by atoms with Crippen molar-refractivity contribution in [2.24, 2.45) is 5.16 Å². The van der Waals surface area contributed by atoms with Crippen molar-refractivity contribution in [2.75, 3.05) is 11.9 Å². The van der Waals surface area contributed by atoms with E-state index in [1.807, 2.05) is 25.1 Å². The summed E-state index contributed by atoms with van der Waals surface area (Å²) >= 11 is 5.73. The van der Waals surface area contributed by atoms with E-state index in [2.05, 4.69) is 5.16 Å². The number of rotatable bonds is 4. The van der Waals surface area contributed by atoms with Gasteiger partial charge in [0.2, 0.25) is 0 Å². The third-order valence-corrected chi connectivity index (χ3v) is 2.35. The molecule has 1 aromatic rings. The van der Waals surface area contributed by atoms with Crippen LogP contribution in [-0.4, -0.2) is 18.3 Å². The van der Waals surface area contributed by atoms with E-state index in [1.165, 1.54) is 4.90 Å². The van der Waals surface area contributed by atoms with Gasteiger partial charge in [-0.1, -0.05) is 41.9 Å². The van der Waals surface area contributed by atoms with Gasteiger partial charge in [0.25, 0.3) is 0 Å². The van der Waals surface area contributed by atoms with Crippen molar-refractivity contribution in [3.05, 3.63) is 30.3 Å². The maximum atomic E-state index is 11.6. The Morgan fingerprint density at radius 3 is 2.65 bits per heavy atom. The molecule has 0 aliphatic heterocycles. The summed E-state index contributed by atoms with van der Waals surface area (Å²) in [6.45, 7) is 1.97. The van der Waals surface area contributed by atoms with Gasteiger partial charge in [0, 0.05) is 19.2 Å². The molecule has 0 radical (unpaired) electrons. The molecule has 5 heteroatoms. The van der Waals surface area contributed by atoms with E-state index >= 15 is 0 Å². The fourth-order valence-corrected chi connectivity index (χ4v) is 1.38. The molecule has 0 bridgehead atoms. The zero-order valence-electron chi connectivity index (χ0n) is 9.89. The highest BCUT2D eigenvalue weighted by molar-refractivity contribution is 6.65. The van der Waals surface area contributed by atoms with Gasteiger partial charge in [0.05, 0.1) is 0 Å². The van der Waals surface area contributed by atoms with Gasteiger partial charge in [-0.15, -0.1) is 0 Å². The summed E-state index contributed by atoms with van der Waals surface area (Å²) in [4.78, 5) is 17.7. The number of carbonyl (C=O) groups excluding carboxylic acids is 1. The molecule has 0 aliphatic carbocycles.